The molecule has 2 nitrogen and oxygen atoms in total. The van der Waals surface area contributed by atoms with E-state index in [0.717, 1.165) is 11.5 Å². The van der Waals surface area contributed by atoms with Gasteiger partial charge in [-0.3, -0.25) is 8.37 Å². The van der Waals surface area contributed by atoms with Gasteiger partial charge in [-0.1, -0.05) is 12.2 Å². The molecule has 0 radical (unpaired) electrons. The predicted molar refractivity (Wildman–Crippen MR) is 52.3 cm³/mol. The fourth-order valence-corrected chi connectivity index (χ4v) is 0.958. The molecular weight excluding hydrogens is 180 g/mol. The molecule has 0 unspecified atom stereocenters. The van der Waals surface area contributed by atoms with Crippen LogP contribution in [0.5, 0.6) is 0 Å². The summed E-state index contributed by atoms with van der Waals surface area (Å²) in [6, 6.07) is 0. The summed E-state index contributed by atoms with van der Waals surface area (Å²) in [5, 5.41) is 0. The van der Waals surface area contributed by atoms with Crippen molar-refractivity contribution in [2.24, 2.45) is 0 Å². The van der Waals surface area contributed by atoms with Gasteiger partial charge in [0.2, 0.25) is 0 Å². The second-order valence-electron chi connectivity index (χ2n) is 1.50. The Labute approximate surface area is 76.4 Å². The van der Waals surface area contributed by atoms with Crippen molar-refractivity contribution in [2.45, 2.75) is 0 Å². The average molecular weight is 192 g/mol. The predicted octanol–water partition coefficient (Wildman–Crippen LogP) is 2.65. The Balaban J connectivity index is 2.79. The molecule has 0 aromatic rings. The summed E-state index contributed by atoms with van der Waals surface area (Å²) in [5.41, 5.74) is 0. The fraction of sp³-hybridized carbons (Fsp3) is 0.429. The quantitative estimate of drug-likeness (QED) is 0.254. The minimum absolute atomic E-state index is 0.303. The number of rotatable bonds is 8. The van der Waals surface area contributed by atoms with E-state index < -0.39 is 0 Å². The van der Waals surface area contributed by atoms with Crippen LogP contribution in [0.1, 0.15) is 0 Å². The number of hydrogen-bond acceptors (Lipinski definition) is 4. The maximum absolute atomic E-state index is 4.99. The molecule has 0 aromatic heterocycles. The molecule has 11 heavy (non-hydrogen) atoms. The molecule has 0 saturated heterocycles. The molecule has 64 valence electrons. The molecule has 0 aliphatic heterocycles. The molecule has 0 heterocycles. The summed E-state index contributed by atoms with van der Waals surface area (Å²) in [6.07, 6.45) is 3.56. The molecule has 0 bridgehead atoms. The lowest BCUT2D eigenvalue weighted by Crippen LogP contribution is -1.88. The maximum atomic E-state index is 4.99. The molecule has 0 N–H and O–H groups in total. The Bertz CT molecular complexity index is 94.6. The van der Waals surface area contributed by atoms with E-state index in [4.69, 9.17) is 8.37 Å². The average Bonchev–Trinajstić information content (AvgIpc) is 2.03. The summed E-state index contributed by atoms with van der Waals surface area (Å²) in [7, 11) is 0. The van der Waals surface area contributed by atoms with Crippen LogP contribution in [0, 0.1) is 0 Å². The van der Waals surface area contributed by atoms with Gasteiger partial charge in [-0.05, 0) is 24.1 Å². The van der Waals surface area contributed by atoms with Crippen molar-refractivity contribution in [1.82, 2.24) is 0 Å². The summed E-state index contributed by atoms with van der Waals surface area (Å²) >= 11 is 2.66. The van der Waals surface area contributed by atoms with Gasteiger partial charge in [0.05, 0.1) is 0 Å². The SMILES string of the molecule is C=CCSOCOSCC=C. The van der Waals surface area contributed by atoms with Gasteiger partial charge in [-0.2, -0.15) is 0 Å². The summed E-state index contributed by atoms with van der Waals surface area (Å²) in [5.74, 6) is 1.57. The van der Waals surface area contributed by atoms with Gasteiger partial charge in [0.25, 0.3) is 0 Å². The first-order chi connectivity index (χ1) is 5.41. The fourth-order valence-electron chi connectivity index (χ4n) is 0.280. The van der Waals surface area contributed by atoms with Gasteiger partial charge in [-0.25, -0.2) is 0 Å². The van der Waals surface area contributed by atoms with Gasteiger partial charge in [0, 0.05) is 11.5 Å². The maximum Gasteiger partial charge on any atom is 0.173 e. The summed E-state index contributed by atoms with van der Waals surface area (Å²) in [6.45, 7) is 7.40. The molecule has 0 atom stereocenters. The zero-order chi connectivity index (χ0) is 8.36. The van der Waals surface area contributed by atoms with E-state index >= 15 is 0 Å². The van der Waals surface area contributed by atoms with E-state index in [9.17, 15) is 0 Å². The molecule has 0 rings (SSSR count). The van der Waals surface area contributed by atoms with E-state index in [0.29, 0.717) is 6.79 Å². The molecule has 0 aliphatic rings. The lowest BCUT2D eigenvalue weighted by Gasteiger charge is -1.99. The van der Waals surface area contributed by atoms with Crippen molar-refractivity contribution in [1.29, 1.82) is 0 Å². The number of hydrogen-bond donors (Lipinski definition) is 0. The molecular formula is C7H12O2S2. The highest BCUT2D eigenvalue weighted by Gasteiger charge is 1.86. The van der Waals surface area contributed by atoms with Crippen molar-refractivity contribution in [3.05, 3.63) is 25.3 Å². The highest BCUT2D eigenvalue weighted by Crippen LogP contribution is 2.06. The molecule has 0 saturated carbocycles. The Kier molecular flexibility index (Phi) is 10.2. The first kappa shape index (κ1) is 11.1. The van der Waals surface area contributed by atoms with Gasteiger partial charge < -0.3 is 0 Å². The van der Waals surface area contributed by atoms with Crippen molar-refractivity contribution >= 4 is 24.1 Å². The zero-order valence-corrected chi connectivity index (χ0v) is 7.96. The lowest BCUT2D eigenvalue weighted by molar-refractivity contribution is 0.169. The normalized spacial score (nSPS) is 9.45. The Hall–Kier alpha value is 0.1000. The van der Waals surface area contributed by atoms with Crippen molar-refractivity contribution in [3.63, 3.8) is 0 Å². The highest BCUT2D eigenvalue weighted by atomic mass is 32.2. The van der Waals surface area contributed by atoms with Gasteiger partial charge in [-0.15, -0.1) is 13.2 Å². The largest absolute Gasteiger partial charge is 0.286 e. The first-order valence-corrected chi connectivity index (χ1v) is 4.94. The van der Waals surface area contributed by atoms with Gasteiger partial charge >= 0.3 is 0 Å². The van der Waals surface area contributed by atoms with E-state index in [1.165, 1.54) is 24.1 Å². The third kappa shape index (κ3) is 10.1. The van der Waals surface area contributed by atoms with Crippen LogP contribution in [0.25, 0.3) is 0 Å². The second kappa shape index (κ2) is 10.1. The molecule has 4 heteroatoms. The third-order valence-electron chi connectivity index (χ3n) is 0.635. The van der Waals surface area contributed by atoms with Crippen molar-refractivity contribution in [2.75, 3.05) is 18.3 Å². The van der Waals surface area contributed by atoms with Crippen LogP contribution in [0.2, 0.25) is 0 Å². The second-order valence-corrected chi connectivity index (χ2v) is 3.11. The highest BCUT2D eigenvalue weighted by molar-refractivity contribution is 7.95. The molecule has 0 fully saturated rings. The monoisotopic (exact) mass is 192 g/mol. The van der Waals surface area contributed by atoms with E-state index in [2.05, 4.69) is 13.2 Å². The topological polar surface area (TPSA) is 18.5 Å². The van der Waals surface area contributed by atoms with Crippen LogP contribution in [0.3, 0.4) is 0 Å². The Morgan fingerprint density at radius 1 is 1.00 bits per heavy atom. The zero-order valence-electron chi connectivity index (χ0n) is 6.32. The molecule has 0 amide bonds. The smallest absolute Gasteiger partial charge is 0.173 e. The van der Waals surface area contributed by atoms with Crippen LogP contribution >= 0.6 is 24.1 Å². The molecule has 0 aromatic carbocycles. The van der Waals surface area contributed by atoms with Crippen LogP contribution in [-0.2, 0) is 8.37 Å². The van der Waals surface area contributed by atoms with Crippen LogP contribution in [0.4, 0.5) is 0 Å². The van der Waals surface area contributed by atoms with Crippen LogP contribution < -0.4 is 0 Å². The van der Waals surface area contributed by atoms with Crippen molar-refractivity contribution < 1.29 is 8.37 Å². The Morgan fingerprint density at radius 2 is 1.45 bits per heavy atom. The standard InChI is InChI=1S/C7H12O2S2/c1-3-5-10-8-7-9-11-6-4-2/h3-4H,1-2,5-7H2. The van der Waals surface area contributed by atoms with Crippen LogP contribution in [-0.4, -0.2) is 18.3 Å². The minimum atomic E-state index is 0.303. The summed E-state index contributed by atoms with van der Waals surface area (Å²) < 4.78 is 9.98. The first-order valence-electron chi connectivity index (χ1n) is 3.12. The van der Waals surface area contributed by atoms with E-state index in [1.807, 2.05) is 0 Å². The van der Waals surface area contributed by atoms with E-state index in [-0.39, 0.29) is 0 Å². The van der Waals surface area contributed by atoms with Crippen LogP contribution in [0.15, 0.2) is 25.3 Å². The van der Waals surface area contributed by atoms with Gasteiger partial charge in [0.1, 0.15) is 0 Å². The van der Waals surface area contributed by atoms with Crippen molar-refractivity contribution in [3.8, 4) is 0 Å². The van der Waals surface area contributed by atoms with E-state index in [1.54, 1.807) is 12.2 Å². The summed E-state index contributed by atoms with van der Waals surface area (Å²) in [4.78, 5) is 0. The third-order valence-corrected chi connectivity index (χ3v) is 1.90. The molecule has 0 spiro atoms. The Morgan fingerprint density at radius 3 is 1.82 bits per heavy atom. The molecule has 0 aliphatic carbocycles. The lowest BCUT2D eigenvalue weighted by atomic mass is 10.8. The minimum Gasteiger partial charge on any atom is -0.286 e. The van der Waals surface area contributed by atoms with Gasteiger partial charge in [0.15, 0.2) is 6.79 Å².